The van der Waals surface area contributed by atoms with Gasteiger partial charge in [-0.3, -0.25) is 4.79 Å². The smallest absolute Gasteiger partial charge is 0.354 e. The summed E-state index contributed by atoms with van der Waals surface area (Å²) in [4.78, 5) is 24.3. The maximum absolute atomic E-state index is 12.2. The maximum atomic E-state index is 12.2. The fourth-order valence-electron chi connectivity index (χ4n) is 1.89. The van der Waals surface area contributed by atoms with E-state index in [1.54, 1.807) is 18.2 Å². The van der Waals surface area contributed by atoms with Gasteiger partial charge in [0.25, 0.3) is 0 Å². The first-order chi connectivity index (χ1) is 12.0. The van der Waals surface area contributed by atoms with Crippen LogP contribution < -0.4 is 5.32 Å². The van der Waals surface area contributed by atoms with Crippen molar-refractivity contribution in [3.05, 3.63) is 71.8 Å². The number of furan rings is 1. The standard InChI is InChI=1S/C20H21NO4/c1-15(2)14-25-20(23)18(13-17-9-6-12-24-17)21-19(22)11-10-16-7-4-3-5-8-16/h3-13,15H,14H2,1-2H3,(H,21,22)/b11-10+,18-13+. The molecule has 1 aromatic heterocycles. The van der Waals surface area contributed by atoms with Crippen LogP contribution in [0.25, 0.3) is 12.2 Å². The molecule has 0 unspecified atom stereocenters. The van der Waals surface area contributed by atoms with Gasteiger partial charge in [0.1, 0.15) is 11.5 Å². The summed E-state index contributed by atoms with van der Waals surface area (Å²) >= 11 is 0. The van der Waals surface area contributed by atoms with Gasteiger partial charge < -0.3 is 14.5 Å². The average molecular weight is 339 g/mol. The van der Waals surface area contributed by atoms with Gasteiger partial charge in [0.15, 0.2) is 0 Å². The second-order valence-electron chi connectivity index (χ2n) is 5.80. The number of hydrogen-bond donors (Lipinski definition) is 1. The normalized spacial score (nSPS) is 11.7. The van der Waals surface area contributed by atoms with E-state index in [4.69, 9.17) is 9.15 Å². The van der Waals surface area contributed by atoms with E-state index in [1.807, 2.05) is 44.2 Å². The Balaban J connectivity index is 2.08. The van der Waals surface area contributed by atoms with Crippen molar-refractivity contribution in [2.75, 3.05) is 6.61 Å². The van der Waals surface area contributed by atoms with Crippen LogP contribution in [0.4, 0.5) is 0 Å². The first-order valence-electron chi connectivity index (χ1n) is 8.01. The monoisotopic (exact) mass is 339 g/mol. The summed E-state index contributed by atoms with van der Waals surface area (Å²) in [6.07, 6.45) is 5.96. The average Bonchev–Trinajstić information content (AvgIpc) is 3.11. The predicted octanol–water partition coefficient (Wildman–Crippen LogP) is 3.65. The van der Waals surface area contributed by atoms with Crippen LogP contribution >= 0.6 is 0 Å². The van der Waals surface area contributed by atoms with Crippen LogP contribution in [0.15, 0.2) is 64.9 Å². The van der Waals surface area contributed by atoms with Crippen LogP contribution in [-0.4, -0.2) is 18.5 Å². The van der Waals surface area contributed by atoms with Gasteiger partial charge in [-0.05, 0) is 29.7 Å². The van der Waals surface area contributed by atoms with Crippen molar-refractivity contribution in [3.63, 3.8) is 0 Å². The molecule has 0 saturated carbocycles. The minimum Gasteiger partial charge on any atom is -0.465 e. The second-order valence-corrected chi connectivity index (χ2v) is 5.80. The minimum atomic E-state index is -0.605. The first-order valence-corrected chi connectivity index (χ1v) is 8.01. The highest BCUT2D eigenvalue weighted by molar-refractivity contribution is 6.01. The van der Waals surface area contributed by atoms with Gasteiger partial charge in [-0.2, -0.15) is 0 Å². The molecule has 2 aromatic rings. The van der Waals surface area contributed by atoms with E-state index in [2.05, 4.69) is 5.32 Å². The van der Waals surface area contributed by atoms with Crippen molar-refractivity contribution in [1.29, 1.82) is 0 Å². The Labute approximate surface area is 147 Å². The Morgan fingerprint density at radius 1 is 1.16 bits per heavy atom. The van der Waals surface area contributed by atoms with E-state index < -0.39 is 11.9 Å². The number of hydrogen-bond acceptors (Lipinski definition) is 4. The Bertz CT molecular complexity index is 743. The lowest BCUT2D eigenvalue weighted by molar-refractivity contribution is -0.141. The van der Waals surface area contributed by atoms with Crippen molar-refractivity contribution in [2.24, 2.45) is 5.92 Å². The zero-order valence-corrected chi connectivity index (χ0v) is 14.3. The van der Waals surface area contributed by atoms with E-state index in [0.717, 1.165) is 5.56 Å². The molecule has 1 amide bonds. The molecule has 0 fully saturated rings. The number of carbonyl (C=O) groups excluding carboxylic acids is 2. The summed E-state index contributed by atoms with van der Waals surface area (Å²) in [5.74, 6) is -0.388. The molecule has 130 valence electrons. The topological polar surface area (TPSA) is 68.5 Å². The van der Waals surface area contributed by atoms with Crippen molar-refractivity contribution in [1.82, 2.24) is 5.32 Å². The third-order valence-electron chi connectivity index (χ3n) is 3.08. The molecule has 0 aliphatic rings. The van der Waals surface area contributed by atoms with Crippen molar-refractivity contribution in [3.8, 4) is 0 Å². The van der Waals surface area contributed by atoms with E-state index in [0.29, 0.717) is 5.76 Å². The first kappa shape index (κ1) is 18.3. The van der Waals surface area contributed by atoms with Gasteiger partial charge in [-0.15, -0.1) is 0 Å². The van der Waals surface area contributed by atoms with Crippen LogP contribution in [0, 0.1) is 5.92 Å². The molecule has 25 heavy (non-hydrogen) atoms. The van der Waals surface area contributed by atoms with E-state index in [9.17, 15) is 9.59 Å². The van der Waals surface area contributed by atoms with Crippen molar-refractivity contribution < 1.29 is 18.7 Å². The second kappa shape index (κ2) is 9.27. The molecule has 1 heterocycles. The third-order valence-corrected chi connectivity index (χ3v) is 3.08. The van der Waals surface area contributed by atoms with Crippen LogP contribution in [0.5, 0.6) is 0 Å². The molecule has 0 bridgehead atoms. The van der Waals surface area contributed by atoms with E-state index in [1.165, 1.54) is 18.4 Å². The number of rotatable bonds is 7. The summed E-state index contributed by atoms with van der Waals surface area (Å²) in [6.45, 7) is 4.14. The largest absolute Gasteiger partial charge is 0.465 e. The highest BCUT2D eigenvalue weighted by atomic mass is 16.5. The number of benzene rings is 1. The molecule has 5 heteroatoms. The molecular weight excluding hydrogens is 318 g/mol. The predicted molar refractivity (Wildman–Crippen MR) is 96.1 cm³/mol. The zero-order valence-electron chi connectivity index (χ0n) is 14.3. The van der Waals surface area contributed by atoms with Gasteiger partial charge in [0, 0.05) is 12.2 Å². The summed E-state index contributed by atoms with van der Waals surface area (Å²) in [7, 11) is 0. The Morgan fingerprint density at radius 3 is 2.56 bits per heavy atom. The fraction of sp³-hybridized carbons (Fsp3) is 0.200. The molecule has 0 aliphatic heterocycles. The molecule has 0 spiro atoms. The van der Waals surface area contributed by atoms with Crippen LogP contribution in [0.3, 0.4) is 0 Å². The van der Waals surface area contributed by atoms with Crippen molar-refractivity contribution in [2.45, 2.75) is 13.8 Å². The van der Waals surface area contributed by atoms with Crippen LogP contribution in [-0.2, 0) is 14.3 Å². The summed E-state index contributed by atoms with van der Waals surface area (Å²) in [5, 5.41) is 2.55. The Kier molecular flexibility index (Phi) is 6.77. The Morgan fingerprint density at radius 2 is 1.92 bits per heavy atom. The number of esters is 1. The lowest BCUT2D eigenvalue weighted by Gasteiger charge is -2.10. The van der Waals surface area contributed by atoms with Crippen LogP contribution in [0.1, 0.15) is 25.2 Å². The minimum absolute atomic E-state index is 0.0262. The van der Waals surface area contributed by atoms with Gasteiger partial charge in [0.2, 0.25) is 5.91 Å². The number of ether oxygens (including phenoxy) is 1. The van der Waals surface area contributed by atoms with Gasteiger partial charge in [-0.25, -0.2) is 4.79 Å². The van der Waals surface area contributed by atoms with Gasteiger partial charge >= 0.3 is 5.97 Å². The quantitative estimate of drug-likeness (QED) is 0.617. The fourth-order valence-corrected chi connectivity index (χ4v) is 1.89. The Hall–Kier alpha value is -3.08. The molecular formula is C20H21NO4. The summed E-state index contributed by atoms with van der Waals surface area (Å²) in [6, 6.07) is 12.8. The highest BCUT2D eigenvalue weighted by Gasteiger charge is 2.15. The number of carbonyl (C=O) groups is 2. The highest BCUT2D eigenvalue weighted by Crippen LogP contribution is 2.08. The molecule has 5 nitrogen and oxygen atoms in total. The van der Waals surface area contributed by atoms with Gasteiger partial charge in [0.05, 0.1) is 12.9 Å². The number of nitrogens with one attached hydrogen (secondary N) is 1. The molecule has 0 saturated heterocycles. The maximum Gasteiger partial charge on any atom is 0.354 e. The molecule has 2 rings (SSSR count). The number of amides is 1. The lowest BCUT2D eigenvalue weighted by Crippen LogP contribution is -2.27. The SMILES string of the molecule is CC(C)COC(=O)/C(=C\c1ccco1)NC(=O)/C=C/c1ccccc1. The zero-order chi connectivity index (χ0) is 18.1. The van der Waals surface area contributed by atoms with Crippen LogP contribution in [0.2, 0.25) is 0 Å². The lowest BCUT2D eigenvalue weighted by atomic mass is 10.2. The molecule has 0 radical (unpaired) electrons. The van der Waals surface area contributed by atoms with Crippen molar-refractivity contribution >= 4 is 24.0 Å². The molecule has 1 aromatic carbocycles. The van der Waals surface area contributed by atoms with Gasteiger partial charge in [-0.1, -0.05) is 44.2 Å². The van der Waals surface area contributed by atoms with E-state index in [-0.39, 0.29) is 18.2 Å². The summed E-state index contributed by atoms with van der Waals surface area (Å²) < 4.78 is 10.4. The molecule has 1 N–H and O–H groups in total. The molecule has 0 atom stereocenters. The third kappa shape index (κ3) is 6.51. The molecule has 0 aliphatic carbocycles. The van der Waals surface area contributed by atoms with E-state index >= 15 is 0 Å². The summed E-state index contributed by atoms with van der Waals surface area (Å²) in [5.41, 5.74) is 0.912.